The topological polar surface area (TPSA) is 84.5 Å². The summed E-state index contributed by atoms with van der Waals surface area (Å²) < 4.78 is 5.31. The molecule has 1 fully saturated rings. The van der Waals surface area contributed by atoms with Gasteiger partial charge in [-0.3, -0.25) is 9.59 Å². The fourth-order valence-electron chi connectivity index (χ4n) is 3.17. The van der Waals surface area contributed by atoms with Gasteiger partial charge in [-0.15, -0.1) is 11.3 Å². The van der Waals surface area contributed by atoms with Crippen molar-refractivity contribution in [1.29, 1.82) is 0 Å². The van der Waals surface area contributed by atoms with Crippen LogP contribution in [0.3, 0.4) is 0 Å². The van der Waals surface area contributed by atoms with E-state index < -0.39 is 12.1 Å². The Balaban J connectivity index is 1.56. The number of esters is 1. The number of nitrogens with one attached hydrogen (secondary N) is 2. The van der Waals surface area contributed by atoms with Gasteiger partial charge < -0.3 is 15.4 Å². The van der Waals surface area contributed by atoms with E-state index in [0.29, 0.717) is 10.6 Å². The molecule has 1 saturated carbocycles. The number of rotatable bonds is 6. The lowest BCUT2D eigenvalue weighted by Gasteiger charge is -2.24. The van der Waals surface area contributed by atoms with Crippen molar-refractivity contribution in [2.24, 2.45) is 0 Å². The number of benzene rings is 1. The van der Waals surface area contributed by atoms with Gasteiger partial charge in [0, 0.05) is 11.7 Å². The van der Waals surface area contributed by atoms with E-state index in [4.69, 9.17) is 4.74 Å². The Labute approximate surface area is 168 Å². The van der Waals surface area contributed by atoms with Gasteiger partial charge in [0.1, 0.15) is 0 Å². The van der Waals surface area contributed by atoms with Crippen molar-refractivity contribution in [3.8, 4) is 0 Å². The summed E-state index contributed by atoms with van der Waals surface area (Å²) in [7, 11) is 0. The molecule has 0 spiro atoms. The van der Waals surface area contributed by atoms with Gasteiger partial charge in [-0.05, 0) is 49.4 Å². The van der Waals surface area contributed by atoms with Crippen LogP contribution in [0.2, 0.25) is 0 Å². The molecular formula is C21H24N2O4S. The summed E-state index contributed by atoms with van der Waals surface area (Å²) in [6.45, 7) is 1.57. The van der Waals surface area contributed by atoms with Gasteiger partial charge >= 0.3 is 5.97 Å². The predicted octanol–water partition coefficient (Wildman–Crippen LogP) is 3.99. The van der Waals surface area contributed by atoms with Gasteiger partial charge in [-0.1, -0.05) is 31.4 Å². The first kappa shape index (κ1) is 20.1. The first-order chi connectivity index (χ1) is 13.5. The summed E-state index contributed by atoms with van der Waals surface area (Å²) >= 11 is 1.34. The van der Waals surface area contributed by atoms with Crippen LogP contribution in [0.4, 0.5) is 5.69 Å². The maximum absolute atomic E-state index is 12.4. The van der Waals surface area contributed by atoms with Crippen molar-refractivity contribution in [3.05, 3.63) is 52.2 Å². The Morgan fingerprint density at radius 1 is 1.11 bits per heavy atom. The van der Waals surface area contributed by atoms with Gasteiger partial charge in [0.05, 0.1) is 10.4 Å². The molecule has 6 nitrogen and oxygen atoms in total. The fourth-order valence-corrected chi connectivity index (χ4v) is 3.79. The van der Waals surface area contributed by atoms with E-state index in [1.165, 1.54) is 17.8 Å². The maximum Gasteiger partial charge on any atom is 0.338 e. The number of ether oxygens (including phenoxy) is 1. The number of hydrogen-bond donors (Lipinski definition) is 2. The molecule has 0 bridgehead atoms. The lowest BCUT2D eigenvalue weighted by Crippen LogP contribution is -2.42. The van der Waals surface area contributed by atoms with Crippen molar-refractivity contribution < 1.29 is 19.1 Å². The van der Waals surface area contributed by atoms with E-state index in [-0.39, 0.29) is 23.4 Å². The largest absolute Gasteiger partial charge is 0.449 e. The van der Waals surface area contributed by atoms with E-state index in [1.54, 1.807) is 43.3 Å². The molecule has 1 aliphatic rings. The van der Waals surface area contributed by atoms with Crippen LogP contribution in [-0.2, 0) is 9.53 Å². The maximum atomic E-state index is 12.4. The summed E-state index contributed by atoms with van der Waals surface area (Å²) in [6.07, 6.45) is 4.50. The van der Waals surface area contributed by atoms with Gasteiger partial charge in [-0.25, -0.2) is 4.79 Å². The minimum absolute atomic E-state index is 0.165. The predicted molar refractivity (Wildman–Crippen MR) is 109 cm³/mol. The molecule has 3 rings (SSSR count). The van der Waals surface area contributed by atoms with Crippen LogP contribution in [0.1, 0.15) is 59.1 Å². The monoisotopic (exact) mass is 400 g/mol. The Hall–Kier alpha value is -2.67. The van der Waals surface area contributed by atoms with Crippen LogP contribution < -0.4 is 10.6 Å². The highest BCUT2D eigenvalue weighted by Gasteiger charge is 2.23. The van der Waals surface area contributed by atoms with Crippen molar-refractivity contribution in [1.82, 2.24) is 5.32 Å². The molecule has 0 radical (unpaired) electrons. The van der Waals surface area contributed by atoms with Crippen LogP contribution in [0.25, 0.3) is 0 Å². The molecule has 2 N–H and O–H groups in total. The molecule has 7 heteroatoms. The standard InChI is InChI=1S/C21H24N2O4S/c1-14(19(24)22-16-8-3-2-4-9-16)27-21(26)15-7-5-10-17(13-15)23-20(25)18-11-6-12-28-18/h5-7,10-14,16H,2-4,8-9H2,1H3,(H,22,24)(H,23,25). The molecule has 2 amide bonds. The average molecular weight is 401 g/mol. The van der Waals surface area contributed by atoms with Gasteiger partial charge in [-0.2, -0.15) is 0 Å². The zero-order valence-corrected chi connectivity index (χ0v) is 16.6. The van der Waals surface area contributed by atoms with Crippen molar-refractivity contribution in [2.75, 3.05) is 5.32 Å². The third-order valence-corrected chi connectivity index (χ3v) is 5.57. The number of thiophene rings is 1. The van der Waals surface area contributed by atoms with Gasteiger partial charge in [0.25, 0.3) is 11.8 Å². The van der Waals surface area contributed by atoms with Gasteiger partial charge in [0.2, 0.25) is 0 Å². The molecule has 148 valence electrons. The molecular weight excluding hydrogens is 376 g/mol. The zero-order chi connectivity index (χ0) is 19.9. The Bertz CT molecular complexity index is 829. The van der Waals surface area contributed by atoms with Crippen molar-refractivity contribution in [2.45, 2.75) is 51.2 Å². The Morgan fingerprint density at radius 2 is 1.89 bits per heavy atom. The SMILES string of the molecule is CC(OC(=O)c1cccc(NC(=O)c2cccs2)c1)C(=O)NC1CCCCC1. The van der Waals surface area contributed by atoms with Gasteiger partial charge in [0.15, 0.2) is 6.10 Å². The number of anilines is 1. The number of carbonyl (C=O) groups is 3. The lowest BCUT2D eigenvalue weighted by atomic mass is 9.95. The van der Waals surface area contributed by atoms with Crippen LogP contribution in [0, 0.1) is 0 Å². The second kappa shape index (κ2) is 9.50. The minimum Gasteiger partial charge on any atom is -0.449 e. The fraction of sp³-hybridized carbons (Fsp3) is 0.381. The van der Waals surface area contributed by atoms with Crippen LogP contribution in [0.15, 0.2) is 41.8 Å². The minimum atomic E-state index is -0.876. The van der Waals surface area contributed by atoms with E-state index in [9.17, 15) is 14.4 Å². The Morgan fingerprint density at radius 3 is 2.61 bits per heavy atom. The molecule has 1 aromatic heterocycles. The lowest BCUT2D eigenvalue weighted by molar-refractivity contribution is -0.130. The quantitative estimate of drug-likeness (QED) is 0.718. The third-order valence-electron chi connectivity index (χ3n) is 4.71. The van der Waals surface area contributed by atoms with E-state index in [2.05, 4.69) is 10.6 Å². The summed E-state index contributed by atoms with van der Waals surface area (Å²) in [4.78, 5) is 37.4. The molecule has 1 aliphatic carbocycles. The normalized spacial score (nSPS) is 15.5. The van der Waals surface area contributed by atoms with E-state index in [1.807, 2.05) is 5.38 Å². The molecule has 1 heterocycles. The summed E-state index contributed by atoms with van der Waals surface area (Å²) in [5, 5.41) is 7.53. The summed E-state index contributed by atoms with van der Waals surface area (Å²) in [5.41, 5.74) is 0.772. The highest BCUT2D eigenvalue weighted by molar-refractivity contribution is 7.12. The number of amides is 2. The first-order valence-corrected chi connectivity index (χ1v) is 10.4. The molecule has 1 unspecified atom stereocenters. The van der Waals surface area contributed by atoms with E-state index in [0.717, 1.165) is 25.7 Å². The second-order valence-corrected chi connectivity index (χ2v) is 7.85. The van der Waals surface area contributed by atoms with Crippen molar-refractivity contribution in [3.63, 3.8) is 0 Å². The second-order valence-electron chi connectivity index (χ2n) is 6.90. The Kier molecular flexibility index (Phi) is 6.81. The van der Waals surface area contributed by atoms with Crippen LogP contribution in [-0.4, -0.2) is 29.9 Å². The molecule has 2 aromatic rings. The smallest absolute Gasteiger partial charge is 0.338 e. The highest BCUT2D eigenvalue weighted by Crippen LogP contribution is 2.18. The third kappa shape index (κ3) is 5.42. The molecule has 1 atom stereocenters. The first-order valence-electron chi connectivity index (χ1n) is 9.49. The van der Waals surface area contributed by atoms with Crippen molar-refractivity contribution >= 4 is 34.8 Å². The molecule has 1 aromatic carbocycles. The van der Waals surface area contributed by atoms with Crippen LogP contribution in [0.5, 0.6) is 0 Å². The van der Waals surface area contributed by atoms with E-state index >= 15 is 0 Å². The number of carbonyl (C=O) groups excluding carboxylic acids is 3. The van der Waals surface area contributed by atoms with Crippen LogP contribution >= 0.6 is 11.3 Å². The molecule has 28 heavy (non-hydrogen) atoms. The zero-order valence-electron chi connectivity index (χ0n) is 15.8. The summed E-state index contributed by atoms with van der Waals surface area (Å²) in [5.74, 6) is -1.11. The average Bonchev–Trinajstić information content (AvgIpc) is 3.24. The summed E-state index contributed by atoms with van der Waals surface area (Å²) in [6, 6.07) is 10.2. The highest BCUT2D eigenvalue weighted by atomic mass is 32.1. The molecule has 0 saturated heterocycles. The number of hydrogen-bond acceptors (Lipinski definition) is 5. The molecule has 0 aliphatic heterocycles.